The zero-order valence-electron chi connectivity index (χ0n) is 72.8. The van der Waals surface area contributed by atoms with E-state index < -0.39 is 0 Å². The summed E-state index contributed by atoms with van der Waals surface area (Å²) in [5, 5.41) is 0. The van der Waals surface area contributed by atoms with E-state index in [4.69, 9.17) is 0 Å². The average Bonchev–Trinajstić information content (AvgIpc) is 1.85. The molecule has 0 atom stereocenters. The minimum Gasteiger partial charge on any atom is -0.367 e. The Morgan fingerprint density at radius 3 is 0.832 bits per heavy atom. The number of carbonyl (C=O) groups excluding carboxylic acids is 7. The third-order valence-corrected chi connectivity index (χ3v) is 20.6. The van der Waals surface area contributed by atoms with Crippen molar-refractivity contribution < 1.29 is 33.6 Å². The van der Waals surface area contributed by atoms with Crippen LogP contribution in [0, 0.1) is 0 Å². The molecule has 0 radical (unpaired) electrons. The van der Waals surface area contributed by atoms with Crippen LogP contribution in [-0.2, 0) is 25.7 Å². The molecule has 0 amide bonds. The van der Waals surface area contributed by atoms with Gasteiger partial charge in [0.25, 0.3) is 0 Å². The van der Waals surface area contributed by atoms with Crippen LogP contribution in [0.5, 0.6) is 0 Å². The second kappa shape index (κ2) is 69.7. The fourth-order valence-electron chi connectivity index (χ4n) is 13.1. The minimum absolute atomic E-state index is 0. The first kappa shape index (κ1) is 103. The number of rotatable bonds is 53. The van der Waals surface area contributed by atoms with Gasteiger partial charge in [-0.3, -0.25) is 33.6 Å². The Labute approximate surface area is 716 Å². The van der Waals surface area contributed by atoms with E-state index in [1.165, 1.54) is 189 Å². The first-order valence-electron chi connectivity index (χ1n) is 45.0. The summed E-state index contributed by atoms with van der Waals surface area (Å²) in [6, 6.07) is 40.4. The van der Waals surface area contributed by atoms with Crippen LogP contribution in [0.25, 0.3) is 6.08 Å². The number of unbranched alkanes of at least 4 members (excludes halogenated alkanes) is 25. The van der Waals surface area contributed by atoms with E-state index in [1.807, 2.05) is 42.5 Å². The van der Waals surface area contributed by atoms with E-state index in [1.54, 1.807) is 111 Å². The Bertz CT molecular complexity index is 4090. The summed E-state index contributed by atoms with van der Waals surface area (Å²) in [5.74, 6) is 1.39. The summed E-state index contributed by atoms with van der Waals surface area (Å²) in [6.45, 7) is 13.3. The summed E-state index contributed by atoms with van der Waals surface area (Å²) < 4.78 is 0. The topological polar surface area (TPSA) is 230 Å². The lowest BCUT2D eigenvalue weighted by Gasteiger charge is -2.03. The summed E-state index contributed by atoms with van der Waals surface area (Å²) in [5.41, 5.74) is 11.9. The highest BCUT2D eigenvalue weighted by Gasteiger charge is 2.11. The molecule has 3 aromatic carbocycles. The SMILES string of the molecule is C.CCCCCCC/C=C/C(=O)c1cc[nH]c1.CCCCCCCC(=O)c1cc[nH]c1.CCCCCCCCC(=O)c1cc[nH]c1.CCCCCCCCCC(=O)c1cc[nH]c1.CCCCc1ccc(/C=C/C(=O)c2cc[nH]c2)cc1.CCCCc1ccc(CCC(=O)c2cc[nH]c2)cc1.O=C(CCCCCCc1ccccc1)c1cc[nH]c1. The second-order valence-electron chi connectivity index (χ2n) is 30.7. The van der Waals surface area contributed by atoms with Crippen molar-refractivity contribution in [2.24, 2.45) is 0 Å². The van der Waals surface area contributed by atoms with Gasteiger partial charge < -0.3 is 34.9 Å². The first-order chi connectivity index (χ1) is 57.8. The van der Waals surface area contributed by atoms with Crippen molar-refractivity contribution in [3.05, 3.63) is 293 Å². The molecule has 7 N–H and O–H groups in total. The zero-order chi connectivity index (χ0) is 84.8. The van der Waals surface area contributed by atoms with Gasteiger partial charge in [-0.1, -0.05) is 288 Å². The summed E-state index contributed by atoms with van der Waals surface area (Å²) in [4.78, 5) is 102. The van der Waals surface area contributed by atoms with E-state index in [-0.39, 0.29) is 47.9 Å². The van der Waals surface area contributed by atoms with Crippen LogP contribution in [-0.4, -0.2) is 75.4 Å². The van der Waals surface area contributed by atoms with Crippen molar-refractivity contribution in [1.82, 2.24) is 34.9 Å². The molecule has 0 aliphatic carbocycles. The summed E-state index contributed by atoms with van der Waals surface area (Å²) in [6.07, 6.45) is 78.7. The highest BCUT2D eigenvalue weighted by Crippen LogP contribution is 2.18. The molecule has 10 rings (SSSR count). The Morgan fingerprint density at radius 2 is 0.504 bits per heavy atom. The minimum atomic E-state index is 0. The van der Waals surface area contributed by atoms with Crippen molar-refractivity contribution in [2.45, 2.75) is 312 Å². The van der Waals surface area contributed by atoms with Gasteiger partial charge in [0.15, 0.2) is 40.5 Å². The van der Waals surface area contributed by atoms with Gasteiger partial charge in [-0.05, 0) is 166 Å². The third kappa shape index (κ3) is 50.3. The predicted molar refractivity (Wildman–Crippen MR) is 500 cm³/mol. The Balaban J connectivity index is 0.000000359. The van der Waals surface area contributed by atoms with Crippen LogP contribution in [0.15, 0.2) is 226 Å². The number of carbonyl (C=O) groups is 7. The van der Waals surface area contributed by atoms with Crippen LogP contribution in [0.1, 0.15) is 387 Å². The number of aromatic amines is 7. The molecular weight excluding hydrogens is 1470 g/mol. The number of allylic oxidation sites excluding steroid dienone is 3. The van der Waals surface area contributed by atoms with E-state index in [2.05, 4.69) is 155 Å². The van der Waals surface area contributed by atoms with E-state index in [0.29, 0.717) is 37.7 Å². The van der Waals surface area contributed by atoms with Gasteiger partial charge in [-0.25, -0.2) is 0 Å². The van der Waals surface area contributed by atoms with Crippen LogP contribution in [0.3, 0.4) is 0 Å². The monoisotopic (exact) mass is 1620 g/mol. The van der Waals surface area contributed by atoms with E-state index in [9.17, 15) is 33.6 Å². The zero-order valence-corrected chi connectivity index (χ0v) is 72.8. The maximum atomic E-state index is 11.9. The fraction of sp³-hybridized carbons (Fsp3) is 0.457. The summed E-state index contributed by atoms with van der Waals surface area (Å²) in [7, 11) is 0. The Kier molecular flexibility index (Phi) is 60.3. The molecule has 10 aromatic rings. The van der Waals surface area contributed by atoms with Crippen molar-refractivity contribution in [1.29, 1.82) is 0 Å². The number of aryl methyl sites for hydroxylation is 4. The average molecular weight is 1620 g/mol. The molecule has 14 heteroatoms. The van der Waals surface area contributed by atoms with E-state index in [0.717, 1.165) is 103 Å². The van der Waals surface area contributed by atoms with Crippen molar-refractivity contribution in [3.63, 3.8) is 0 Å². The van der Waals surface area contributed by atoms with Crippen molar-refractivity contribution in [2.75, 3.05) is 0 Å². The van der Waals surface area contributed by atoms with Crippen molar-refractivity contribution in [3.8, 4) is 0 Å². The third-order valence-electron chi connectivity index (χ3n) is 20.6. The highest BCUT2D eigenvalue weighted by atomic mass is 16.1. The number of H-pyrrole nitrogens is 7. The second-order valence-corrected chi connectivity index (χ2v) is 30.7. The van der Waals surface area contributed by atoms with Gasteiger partial charge in [0, 0.05) is 158 Å². The maximum Gasteiger partial charge on any atom is 0.187 e. The number of benzene rings is 3. The maximum absolute atomic E-state index is 11.9. The van der Waals surface area contributed by atoms with Gasteiger partial charge in [-0.15, -0.1) is 0 Å². The number of aromatic nitrogens is 7. The highest BCUT2D eigenvalue weighted by molar-refractivity contribution is 6.07. The van der Waals surface area contributed by atoms with Crippen LogP contribution >= 0.6 is 0 Å². The quantitative estimate of drug-likeness (QED) is 0.0111. The predicted octanol–water partition coefficient (Wildman–Crippen LogP) is 29.4. The molecule has 0 saturated heterocycles. The lowest BCUT2D eigenvalue weighted by molar-refractivity contribution is 0.0971. The Morgan fingerprint density at radius 1 is 0.244 bits per heavy atom. The van der Waals surface area contributed by atoms with Crippen LogP contribution < -0.4 is 0 Å². The molecule has 0 bridgehead atoms. The van der Waals surface area contributed by atoms with Gasteiger partial charge in [-0.2, -0.15) is 0 Å². The molecule has 0 aliphatic heterocycles. The lowest BCUT2D eigenvalue weighted by Crippen LogP contribution is -1.99. The van der Waals surface area contributed by atoms with Crippen LogP contribution in [0.2, 0.25) is 0 Å². The standard InChI is InChI=1S/2C17H21NO.C17H19NO.C14H23NO.C14H21NO.C13H21NO.C12H19NO.CH4/c19-17(16-12-13-18-14-16)11-7-2-1-4-8-15-9-5-3-6-10-15;2*1-2-3-4-14-5-7-15(8-6-14)9-10-17(19)16-11-12-18-13-16;2*1-2-3-4-5-6-7-8-9-14(16)13-10-11-15-12-13;1-2-3-4-5-6-7-8-13(15)12-9-10-14-11-12;1-2-3-4-5-6-7-12(14)11-8-9-13-10-11;/h3,5-6,9-10,12-14,18H,1-2,4,7-8,11H2;5-8,11-13,18H,2-4,9-10H2,1H3;5-13,18H,2-4H2,1H3;10-12,15H,2-9H2,1H3;8-12,15H,2-7H2,1H3;9-11,14H,2-8H2,1H3;8-10,13H,2-7H2,1H3;1H4/b;;10-9+;;9-8+;;;. The number of hydrogen-bond acceptors (Lipinski definition) is 7. The molecule has 0 unspecified atom stereocenters. The summed E-state index contributed by atoms with van der Waals surface area (Å²) >= 11 is 0. The van der Waals surface area contributed by atoms with Gasteiger partial charge in [0.2, 0.25) is 0 Å². The molecule has 0 saturated carbocycles. The van der Waals surface area contributed by atoms with Gasteiger partial charge in [0.05, 0.1) is 0 Å². The number of ketones is 7. The lowest BCUT2D eigenvalue weighted by atomic mass is 10.0. The largest absolute Gasteiger partial charge is 0.367 e. The molecule has 0 fully saturated rings. The van der Waals surface area contributed by atoms with Gasteiger partial charge in [0.1, 0.15) is 0 Å². The molecule has 0 aliphatic rings. The molecule has 7 aromatic heterocycles. The number of nitrogens with one attached hydrogen (secondary N) is 7. The first-order valence-corrected chi connectivity index (χ1v) is 45.0. The molecule has 646 valence electrons. The van der Waals surface area contributed by atoms with Crippen LogP contribution in [0.4, 0.5) is 0 Å². The molecule has 7 heterocycles. The molecule has 119 heavy (non-hydrogen) atoms. The molecule has 14 nitrogen and oxygen atoms in total. The smallest absolute Gasteiger partial charge is 0.187 e. The number of Topliss-reactive ketones (excluding diaryl/α,β-unsaturated/α-hetero) is 5. The molecular formula is C105H149N7O7. The normalized spacial score (nSPS) is 10.6. The Hall–Kier alpha value is -10.2. The fourth-order valence-corrected chi connectivity index (χ4v) is 13.1. The van der Waals surface area contributed by atoms with Gasteiger partial charge >= 0.3 is 0 Å². The number of hydrogen-bond donors (Lipinski definition) is 7. The van der Waals surface area contributed by atoms with E-state index >= 15 is 0 Å². The molecule has 0 spiro atoms. The van der Waals surface area contributed by atoms with Crippen molar-refractivity contribution >= 4 is 46.6 Å².